The molecule has 88 valence electrons. The molecule has 0 aliphatic rings. The van der Waals surface area contributed by atoms with E-state index in [0.717, 1.165) is 0 Å². The highest BCUT2D eigenvalue weighted by atomic mass is 35.5. The summed E-state index contributed by atoms with van der Waals surface area (Å²) in [5.41, 5.74) is 10.9. The summed E-state index contributed by atoms with van der Waals surface area (Å²) in [4.78, 5) is 10.8. The second-order valence-electron chi connectivity index (χ2n) is 2.43. The molecule has 0 saturated carbocycles. The van der Waals surface area contributed by atoms with Gasteiger partial charge in [-0.05, 0) is 18.2 Å². The minimum Gasteiger partial charge on any atom is -0.356 e. The highest BCUT2D eigenvalue weighted by Gasteiger charge is 2.00. The lowest BCUT2D eigenvalue weighted by atomic mass is 10.3. The number of nitrogens with two attached hydrogens (primary N) is 2. The van der Waals surface area contributed by atoms with Crippen molar-refractivity contribution in [2.45, 2.75) is 0 Å². The Morgan fingerprint density at radius 3 is 2.31 bits per heavy atom. The monoisotopic (exact) mass is 250 g/mol. The molecule has 0 unspecified atom stereocenters. The van der Waals surface area contributed by atoms with Crippen molar-refractivity contribution in [3.8, 4) is 0 Å². The molecule has 1 rings (SSSR count). The van der Waals surface area contributed by atoms with Gasteiger partial charge in [0.05, 0.1) is 10.1 Å². The van der Waals surface area contributed by atoms with Crippen molar-refractivity contribution in [3.05, 3.63) is 44.4 Å². The zero-order valence-corrected chi connectivity index (χ0v) is 8.57. The van der Waals surface area contributed by atoms with Crippen molar-refractivity contribution in [1.82, 2.24) is 0 Å². The van der Waals surface area contributed by atoms with Crippen LogP contribution in [0.25, 0.3) is 0 Å². The molecule has 0 heterocycles. The van der Waals surface area contributed by atoms with Crippen LogP contribution in [0.4, 0.5) is 10.1 Å². The fraction of sp³-hybridized carbons (Fsp3) is 0. The molecule has 0 saturated heterocycles. The SMILES string of the molecule is NC(N)=[NH+]c1ccc(F)c(Cl)c1.O=[N+]([O-])[O-]. The van der Waals surface area contributed by atoms with E-state index in [0.29, 0.717) is 5.69 Å². The Morgan fingerprint density at radius 2 is 1.94 bits per heavy atom. The largest absolute Gasteiger partial charge is 0.356 e. The van der Waals surface area contributed by atoms with Gasteiger partial charge in [0.2, 0.25) is 0 Å². The van der Waals surface area contributed by atoms with Crippen LogP contribution in [0.1, 0.15) is 0 Å². The van der Waals surface area contributed by atoms with E-state index in [1.807, 2.05) is 0 Å². The summed E-state index contributed by atoms with van der Waals surface area (Å²) in [5, 5.41) is 14.8. The van der Waals surface area contributed by atoms with E-state index in [1.54, 1.807) is 0 Å². The summed E-state index contributed by atoms with van der Waals surface area (Å²) >= 11 is 5.49. The lowest BCUT2D eigenvalue weighted by molar-refractivity contribution is -0.402. The lowest BCUT2D eigenvalue weighted by Gasteiger charge is -1.94. The zero-order valence-electron chi connectivity index (χ0n) is 7.81. The molecule has 0 radical (unpaired) electrons. The molecule has 0 aromatic heterocycles. The third kappa shape index (κ3) is 6.38. The van der Waals surface area contributed by atoms with Crippen LogP contribution in [0.5, 0.6) is 0 Å². The molecule has 1 aromatic carbocycles. The van der Waals surface area contributed by atoms with Crippen molar-refractivity contribution in [1.29, 1.82) is 0 Å². The first-order valence-corrected chi connectivity index (χ1v) is 4.12. The minimum absolute atomic E-state index is 0.0289. The first-order chi connectivity index (χ1) is 7.32. The first kappa shape index (κ1) is 13.9. The molecule has 0 amide bonds. The number of rotatable bonds is 1. The highest BCUT2D eigenvalue weighted by Crippen LogP contribution is 2.15. The second kappa shape index (κ2) is 6.40. The molecule has 0 aliphatic heterocycles. The lowest BCUT2D eigenvalue weighted by Crippen LogP contribution is -2.72. The maximum atomic E-state index is 12.6. The first-order valence-electron chi connectivity index (χ1n) is 3.74. The van der Waals surface area contributed by atoms with Crippen molar-refractivity contribution in [2.75, 3.05) is 0 Å². The predicted molar refractivity (Wildman–Crippen MR) is 55.8 cm³/mol. The average Bonchev–Trinajstić information content (AvgIpc) is 2.09. The topological polar surface area (TPSA) is 132 Å². The third-order valence-electron chi connectivity index (χ3n) is 1.21. The number of hydrogen-bond acceptors (Lipinski definition) is 3. The minimum atomic E-state index is -1.75. The molecule has 16 heavy (non-hydrogen) atoms. The van der Waals surface area contributed by atoms with Crippen LogP contribution in [-0.2, 0) is 0 Å². The number of guanidine groups is 1. The number of hydrogen-bond donors (Lipinski definition) is 3. The number of benzene rings is 1. The van der Waals surface area contributed by atoms with Gasteiger partial charge in [-0.2, -0.15) is 0 Å². The molecule has 9 heteroatoms. The van der Waals surface area contributed by atoms with E-state index in [-0.39, 0.29) is 11.0 Å². The van der Waals surface area contributed by atoms with E-state index >= 15 is 0 Å². The van der Waals surface area contributed by atoms with Gasteiger partial charge >= 0.3 is 5.96 Å². The van der Waals surface area contributed by atoms with Crippen LogP contribution in [0, 0.1) is 21.1 Å². The predicted octanol–water partition coefficient (Wildman–Crippen LogP) is -0.774. The Balaban J connectivity index is 0.000000487. The Labute approximate surface area is 94.2 Å². The van der Waals surface area contributed by atoms with E-state index in [9.17, 15) is 4.39 Å². The Hall–Kier alpha value is -2.09. The quantitative estimate of drug-likeness (QED) is 0.260. The molecule has 0 fully saturated rings. The Bertz CT molecular complexity index is 405. The molecule has 0 bridgehead atoms. The second-order valence-corrected chi connectivity index (χ2v) is 2.84. The van der Waals surface area contributed by atoms with Crippen LogP contribution >= 0.6 is 11.6 Å². The van der Waals surface area contributed by atoms with Crippen LogP contribution in [0.15, 0.2) is 18.2 Å². The average molecular weight is 251 g/mol. The third-order valence-corrected chi connectivity index (χ3v) is 1.50. The Morgan fingerprint density at radius 1 is 1.44 bits per heavy atom. The standard InChI is InChI=1S/C7H7ClFN3.NO3/c8-5-3-4(12-7(10)11)1-2-6(5)9;2-1(3)4/h1-3H,(H4,10,11,12);/q;-1/p+1. The van der Waals surface area contributed by atoms with E-state index in [2.05, 4.69) is 4.99 Å². The van der Waals surface area contributed by atoms with E-state index in [1.165, 1.54) is 18.2 Å². The molecule has 1 aromatic rings. The fourth-order valence-corrected chi connectivity index (χ4v) is 0.921. The van der Waals surface area contributed by atoms with Crippen LogP contribution in [0.3, 0.4) is 0 Å². The molecule has 0 aliphatic carbocycles. The summed E-state index contributed by atoms with van der Waals surface area (Å²) in [5.74, 6) is -0.435. The van der Waals surface area contributed by atoms with E-state index < -0.39 is 10.9 Å². The van der Waals surface area contributed by atoms with Gasteiger partial charge in [0.15, 0.2) is 0 Å². The van der Waals surface area contributed by atoms with Crippen LogP contribution < -0.4 is 16.5 Å². The molecular weight excluding hydrogens is 243 g/mol. The summed E-state index contributed by atoms with van der Waals surface area (Å²) in [7, 11) is 0. The van der Waals surface area contributed by atoms with Gasteiger partial charge in [0.1, 0.15) is 11.5 Å². The van der Waals surface area contributed by atoms with Gasteiger partial charge in [0.25, 0.3) is 0 Å². The van der Waals surface area contributed by atoms with Crippen molar-refractivity contribution in [2.24, 2.45) is 11.5 Å². The smallest absolute Gasteiger partial charge is 0.343 e. The van der Waals surface area contributed by atoms with Crippen molar-refractivity contribution >= 4 is 23.2 Å². The molecule has 7 nitrogen and oxygen atoms in total. The molecular formula is C7H8ClFN4O3. The van der Waals surface area contributed by atoms with Gasteiger partial charge in [-0.15, -0.1) is 0 Å². The van der Waals surface area contributed by atoms with Gasteiger partial charge in [-0.25, -0.2) is 9.38 Å². The maximum Gasteiger partial charge on any atom is 0.343 e. The van der Waals surface area contributed by atoms with Gasteiger partial charge in [-0.3, -0.25) is 11.5 Å². The fourth-order valence-electron chi connectivity index (χ4n) is 0.741. The van der Waals surface area contributed by atoms with Gasteiger partial charge in [0, 0.05) is 0 Å². The highest BCUT2D eigenvalue weighted by molar-refractivity contribution is 6.30. The normalized spacial score (nSPS) is 8.62. The molecule has 0 spiro atoms. The van der Waals surface area contributed by atoms with Crippen molar-refractivity contribution in [3.63, 3.8) is 0 Å². The van der Waals surface area contributed by atoms with Gasteiger partial charge in [-0.1, -0.05) is 11.6 Å². The van der Waals surface area contributed by atoms with Crippen LogP contribution in [-0.4, -0.2) is 11.0 Å². The maximum absolute atomic E-state index is 12.6. The molecule has 0 atom stereocenters. The summed E-state index contributed by atoms with van der Waals surface area (Å²) < 4.78 is 12.6. The van der Waals surface area contributed by atoms with E-state index in [4.69, 9.17) is 38.4 Å². The number of nitrogens with zero attached hydrogens (tertiary/aromatic N) is 1. The molecule has 5 N–H and O–H groups in total. The van der Waals surface area contributed by atoms with Crippen molar-refractivity contribution < 1.29 is 14.5 Å². The number of halogens is 2. The summed E-state index contributed by atoms with van der Waals surface area (Å²) in [6, 6.07) is 4.12. The summed E-state index contributed by atoms with van der Waals surface area (Å²) in [6.07, 6.45) is 0. The Kier molecular flexibility index (Phi) is 5.57. The zero-order chi connectivity index (χ0) is 12.7. The van der Waals surface area contributed by atoms with Gasteiger partial charge < -0.3 is 15.3 Å². The number of nitrogens with one attached hydrogen (secondary N) is 1. The van der Waals surface area contributed by atoms with Crippen LogP contribution in [0.2, 0.25) is 5.02 Å². The summed E-state index contributed by atoms with van der Waals surface area (Å²) in [6.45, 7) is 0.